The summed E-state index contributed by atoms with van der Waals surface area (Å²) in [5, 5.41) is 8.03. The van der Waals surface area contributed by atoms with Gasteiger partial charge in [-0.05, 0) is 18.6 Å². The third kappa shape index (κ3) is 6.29. The van der Waals surface area contributed by atoms with Gasteiger partial charge in [-0.2, -0.15) is 0 Å². The van der Waals surface area contributed by atoms with E-state index in [1.807, 2.05) is 6.92 Å². The van der Waals surface area contributed by atoms with Gasteiger partial charge in [0.05, 0.1) is 12.2 Å². The van der Waals surface area contributed by atoms with Crippen LogP contribution >= 0.6 is 0 Å². The van der Waals surface area contributed by atoms with Gasteiger partial charge < -0.3 is 16.0 Å². The Morgan fingerprint density at radius 2 is 1.90 bits per heavy atom. The normalized spacial score (nSPS) is 10.1. The van der Waals surface area contributed by atoms with Crippen molar-refractivity contribution in [1.29, 1.82) is 0 Å². The molecular weight excluding hydrogens is 261 g/mol. The topological polar surface area (TPSA) is 70.2 Å². The number of nitrogens with one attached hydrogen (secondary N) is 3. The second-order valence-electron chi connectivity index (χ2n) is 4.30. The molecule has 0 atom stereocenters. The van der Waals surface area contributed by atoms with E-state index in [9.17, 15) is 14.0 Å². The van der Waals surface area contributed by atoms with Crippen LogP contribution in [0, 0.1) is 5.82 Å². The molecule has 0 saturated heterocycles. The zero-order chi connectivity index (χ0) is 14.8. The lowest BCUT2D eigenvalue weighted by Crippen LogP contribution is -2.32. The molecule has 0 aliphatic carbocycles. The molecule has 0 aliphatic heterocycles. The largest absolute Gasteiger partial charge is 0.356 e. The minimum absolute atomic E-state index is 0.0371. The van der Waals surface area contributed by atoms with Crippen molar-refractivity contribution in [3.8, 4) is 0 Å². The summed E-state index contributed by atoms with van der Waals surface area (Å²) in [6.45, 7) is 3.08. The van der Waals surface area contributed by atoms with Crippen LogP contribution in [0.2, 0.25) is 0 Å². The highest BCUT2D eigenvalue weighted by Gasteiger charge is 2.06. The molecule has 0 saturated carbocycles. The van der Waals surface area contributed by atoms with E-state index >= 15 is 0 Å². The second kappa shape index (κ2) is 9.03. The standard InChI is InChI=1S/C14H20FN3O2/c1-2-8-17-13(19)7-9-16-10-14(20)18-12-6-4-3-5-11(12)15/h3-6,16H,2,7-10H2,1H3,(H,17,19)(H,18,20). The van der Waals surface area contributed by atoms with Crippen LogP contribution in [0.15, 0.2) is 24.3 Å². The Kier molecular flexibility index (Phi) is 7.27. The molecule has 0 radical (unpaired) electrons. The van der Waals surface area contributed by atoms with Gasteiger partial charge in [0.1, 0.15) is 5.82 Å². The molecule has 6 heteroatoms. The third-order valence-electron chi connectivity index (χ3n) is 2.53. The van der Waals surface area contributed by atoms with Crippen LogP contribution in [-0.2, 0) is 9.59 Å². The van der Waals surface area contributed by atoms with Crippen LogP contribution in [0.5, 0.6) is 0 Å². The zero-order valence-electron chi connectivity index (χ0n) is 11.5. The Hall–Kier alpha value is -1.95. The molecular formula is C14H20FN3O2. The molecule has 3 N–H and O–H groups in total. The Morgan fingerprint density at radius 3 is 2.60 bits per heavy atom. The summed E-state index contributed by atoms with van der Waals surface area (Å²) in [5.41, 5.74) is 0.153. The summed E-state index contributed by atoms with van der Waals surface area (Å²) in [5.74, 6) is -0.863. The van der Waals surface area contributed by atoms with Crippen LogP contribution in [0.25, 0.3) is 0 Å². The second-order valence-corrected chi connectivity index (χ2v) is 4.30. The fraction of sp³-hybridized carbons (Fsp3) is 0.429. The van der Waals surface area contributed by atoms with Gasteiger partial charge >= 0.3 is 0 Å². The molecule has 0 aliphatic rings. The Bertz CT molecular complexity index is 452. The van der Waals surface area contributed by atoms with E-state index in [-0.39, 0.29) is 24.0 Å². The molecule has 110 valence electrons. The molecule has 1 rings (SSSR count). The molecule has 5 nitrogen and oxygen atoms in total. The van der Waals surface area contributed by atoms with Crippen molar-refractivity contribution in [2.45, 2.75) is 19.8 Å². The van der Waals surface area contributed by atoms with Crippen molar-refractivity contribution in [3.63, 3.8) is 0 Å². The van der Waals surface area contributed by atoms with Crippen molar-refractivity contribution >= 4 is 17.5 Å². The van der Waals surface area contributed by atoms with Gasteiger partial charge in [0.15, 0.2) is 0 Å². The summed E-state index contributed by atoms with van der Waals surface area (Å²) in [6.07, 6.45) is 1.21. The zero-order valence-corrected chi connectivity index (χ0v) is 11.5. The lowest BCUT2D eigenvalue weighted by atomic mass is 10.3. The summed E-state index contributed by atoms with van der Waals surface area (Å²) in [4.78, 5) is 22.8. The van der Waals surface area contributed by atoms with Crippen LogP contribution in [-0.4, -0.2) is 31.4 Å². The minimum Gasteiger partial charge on any atom is -0.356 e. The van der Waals surface area contributed by atoms with E-state index in [4.69, 9.17) is 0 Å². The molecule has 1 aromatic carbocycles. The van der Waals surface area contributed by atoms with Crippen molar-refractivity contribution in [1.82, 2.24) is 10.6 Å². The van der Waals surface area contributed by atoms with E-state index in [1.165, 1.54) is 12.1 Å². The number of para-hydroxylation sites is 1. The SMILES string of the molecule is CCCNC(=O)CCNCC(=O)Nc1ccccc1F. The Morgan fingerprint density at radius 1 is 1.15 bits per heavy atom. The first kappa shape index (κ1) is 16.1. The smallest absolute Gasteiger partial charge is 0.238 e. The molecule has 0 aromatic heterocycles. The third-order valence-corrected chi connectivity index (χ3v) is 2.53. The van der Waals surface area contributed by atoms with E-state index < -0.39 is 5.82 Å². The Labute approximate surface area is 117 Å². The van der Waals surface area contributed by atoms with E-state index in [0.717, 1.165) is 6.42 Å². The van der Waals surface area contributed by atoms with Crippen molar-refractivity contribution in [2.75, 3.05) is 25.0 Å². The molecule has 0 unspecified atom stereocenters. The van der Waals surface area contributed by atoms with Crippen molar-refractivity contribution in [2.24, 2.45) is 0 Å². The monoisotopic (exact) mass is 281 g/mol. The number of anilines is 1. The highest BCUT2D eigenvalue weighted by molar-refractivity contribution is 5.92. The van der Waals surface area contributed by atoms with Crippen LogP contribution in [0.4, 0.5) is 10.1 Å². The van der Waals surface area contributed by atoms with Crippen molar-refractivity contribution in [3.05, 3.63) is 30.1 Å². The van der Waals surface area contributed by atoms with E-state index in [1.54, 1.807) is 12.1 Å². The highest BCUT2D eigenvalue weighted by atomic mass is 19.1. The summed E-state index contributed by atoms with van der Waals surface area (Å²) < 4.78 is 13.3. The number of carbonyl (C=O) groups is 2. The van der Waals surface area contributed by atoms with Crippen LogP contribution < -0.4 is 16.0 Å². The lowest BCUT2D eigenvalue weighted by molar-refractivity contribution is -0.121. The number of hydrogen-bond donors (Lipinski definition) is 3. The quantitative estimate of drug-likeness (QED) is 0.628. The molecule has 2 amide bonds. The number of amides is 2. The average Bonchev–Trinajstić information content (AvgIpc) is 2.44. The molecule has 0 spiro atoms. The molecule has 0 fully saturated rings. The fourth-order valence-corrected chi connectivity index (χ4v) is 1.51. The number of carbonyl (C=O) groups excluding carboxylic acids is 2. The van der Waals surface area contributed by atoms with Gasteiger partial charge in [0, 0.05) is 19.5 Å². The average molecular weight is 281 g/mol. The van der Waals surface area contributed by atoms with Gasteiger partial charge in [0.25, 0.3) is 0 Å². The first-order chi connectivity index (χ1) is 9.63. The van der Waals surface area contributed by atoms with Crippen LogP contribution in [0.1, 0.15) is 19.8 Å². The van der Waals surface area contributed by atoms with Crippen molar-refractivity contribution < 1.29 is 14.0 Å². The van der Waals surface area contributed by atoms with E-state index in [2.05, 4.69) is 16.0 Å². The maximum Gasteiger partial charge on any atom is 0.238 e. The van der Waals surface area contributed by atoms with Crippen LogP contribution in [0.3, 0.4) is 0 Å². The summed E-state index contributed by atoms with van der Waals surface area (Å²) >= 11 is 0. The number of benzene rings is 1. The number of halogens is 1. The predicted octanol–water partition coefficient (Wildman–Crippen LogP) is 1.27. The van der Waals surface area contributed by atoms with Gasteiger partial charge in [-0.15, -0.1) is 0 Å². The number of hydrogen-bond acceptors (Lipinski definition) is 3. The van der Waals surface area contributed by atoms with Gasteiger partial charge in [0.2, 0.25) is 11.8 Å². The lowest BCUT2D eigenvalue weighted by Gasteiger charge is -2.07. The summed E-state index contributed by atoms with van der Waals surface area (Å²) in [6, 6.07) is 5.97. The molecule has 20 heavy (non-hydrogen) atoms. The van der Waals surface area contributed by atoms with Gasteiger partial charge in [-0.1, -0.05) is 19.1 Å². The van der Waals surface area contributed by atoms with Gasteiger partial charge in [-0.25, -0.2) is 4.39 Å². The molecule has 1 aromatic rings. The fourth-order valence-electron chi connectivity index (χ4n) is 1.51. The molecule has 0 heterocycles. The summed E-state index contributed by atoms with van der Waals surface area (Å²) in [7, 11) is 0. The first-order valence-corrected chi connectivity index (χ1v) is 6.65. The highest BCUT2D eigenvalue weighted by Crippen LogP contribution is 2.11. The maximum absolute atomic E-state index is 13.3. The number of rotatable bonds is 8. The van der Waals surface area contributed by atoms with E-state index in [0.29, 0.717) is 19.5 Å². The predicted molar refractivity (Wildman–Crippen MR) is 75.8 cm³/mol. The van der Waals surface area contributed by atoms with Gasteiger partial charge in [-0.3, -0.25) is 9.59 Å². The first-order valence-electron chi connectivity index (χ1n) is 6.65. The minimum atomic E-state index is -0.472. The Balaban J connectivity index is 2.18. The molecule has 0 bridgehead atoms. The maximum atomic E-state index is 13.3.